The van der Waals surface area contributed by atoms with E-state index in [1.54, 1.807) is 32.6 Å². The highest BCUT2D eigenvalue weighted by molar-refractivity contribution is 6.03. The van der Waals surface area contributed by atoms with Gasteiger partial charge in [0.25, 0.3) is 5.91 Å². The number of rotatable bonds is 11. The number of aromatic amines is 1. The van der Waals surface area contributed by atoms with Crippen LogP contribution >= 0.6 is 0 Å². The van der Waals surface area contributed by atoms with Crippen LogP contribution in [0.15, 0.2) is 18.2 Å². The van der Waals surface area contributed by atoms with E-state index in [1.165, 1.54) is 18.2 Å². The lowest BCUT2D eigenvalue weighted by atomic mass is 10.1. The maximum absolute atomic E-state index is 12.7. The van der Waals surface area contributed by atoms with Crippen LogP contribution in [-0.2, 0) is 19.0 Å². The predicted molar refractivity (Wildman–Crippen MR) is 131 cm³/mol. The van der Waals surface area contributed by atoms with Crippen molar-refractivity contribution in [1.82, 2.24) is 9.88 Å². The third kappa shape index (κ3) is 6.88. The smallest absolute Gasteiger partial charge is 0.340 e. The second-order valence-corrected chi connectivity index (χ2v) is 8.22. The monoisotopic (exact) mass is 516 g/mol. The van der Waals surface area contributed by atoms with E-state index in [0.717, 1.165) is 0 Å². The number of H-pyrrole nitrogens is 1. The quantitative estimate of drug-likeness (QED) is 0.353. The fourth-order valence-corrected chi connectivity index (χ4v) is 3.89. The number of carbonyl (C=O) groups excluding carboxylic acids is 4. The van der Waals surface area contributed by atoms with Crippen molar-refractivity contribution in [3.05, 3.63) is 46.3 Å². The zero-order chi connectivity index (χ0) is 26.9. The van der Waals surface area contributed by atoms with E-state index in [1.807, 2.05) is 0 Å². The van der Waals surface area contributed by atoms with Crippen LogP contribution in [0.25, 0.3) is 0 Å². The van der Waals surface area contributed by atoms with Crippen LogP contribution in [0.4, 0.5) is 0 Å². The SMILES string of the molecule is CCOC(=O)c1c(C)[nH]c(C(=O)COC(=O)c2ccc(OCC(=O)N3CCOCC3)c(OCC)c2)c1C. The molecule has 1 fully saturated rings. The molecule has 37 heavy (non-hydrogen) atoms. The lowest BCUT2D eigenvalue weighted by Crippen LogP contribution is -2.43. The minimum Gasteiger partial charge on any atom is -0.490 e. The van der Waals surface area contributed by atoms with E-state index in [-0.39, 0.29) is 36.1 Å². The molecule has 11 nitrogen and oxygen atoms in total. The molecule has 11 heteroatoms. The number of nitrogens with one attached hydrogen (secondary N) is 1. The summed E-state index contributed by atoms with van der Waals surface area (Å²) in [4.78, 5) is 54.4. The summed E-state index contributed by atoms with van der Waals surface area (Å²) in [7, 11) is 0. The molecule has 1 N–H and O–H groups in total. The first-order valence-electron chi connectivity index (χ1n) is 12.1. The fourth-order valence-electron chi connectivity index (χ4n) is 3.89. The number of morpholine rings is 1. The molecule has 2 aromatic rings. The number of hydrogen-bond donors (Lipinski definition) is 1. The summed E-state index contributed by atoms with van der Waals surface area (Å²) in [5, 5.41) is 0. The topological polar surface area (TPSA) is 133 Å². The Morgan fingerprint density at radius 3 is 2.32 bits per heavy atom. The number of aryl methyl sites for hydroxylation is 1. The van der Waals surface area contributed by atoms with Crippen molar-refractivity contribution in [2.24, 2.45) is 0 Å². The summed E-state index contributed by atoms with van der Waals surface area (Å²) < 4.78 is 26.7. The molecule has 2 heterocycles. The van der Waals surface area contributed by atoms with E-state index in [2.05, 4.69) is 4.98 Å². The third-order valence-electron chi connectivity index (χ3n) is 5.72. The van der Waals surface area contributed by atoms with E-state index >= 15 is 0 Å². The minimum absolute atomic E-state index is 0.148. The molecule has 1 saturated heterocycles. The lowest BCUT2D eigenvalue weighted by molar-refractivity contribution is -0.137. The summed E-state index contributed by atoms with van der Waals surface area (Å²) in [6, 6.07) is 4.42. The van der Waals surface area contributed by atoms with Gasteiger partial charge in [0.2, 0.25) is 5.78 Å². The van der Waals surface area contributed by atoms with Crippen LogP contribution in [0, 0.1) is 13.8 Å². The van der Waals surface area contributed by atoms with Crippen molar-refractivity contribution in [3.8, 4) is 11.5 Å². The van der Waals surface area contributed by atoms with Crippen LogP contribution in [0.1, 0.15) is 56.3 Å². The fraction of sp³-hybridized carbons (Fsp3) is 0.462. The van der Waals surface area contributed by atoms with E-state index in [4.69, 9.17) is 23.7 Å². The van der Waals surface area contributed by atoms with Crippen LogP contribution in [0.5, 0.6) is 11.5 Å². The van der Waals surface area contributed by atoms with Crippen molar-refractivity contribution in [3.63, 3.8) is 0 Å². The molecule has 0 radical (unpaired) electrons. The molecule has 1 amide bonds. The molecule has 0 aliphatic carbocycles. The van der Waals surface area contributed by atoms with Crippen LogP contribution in [0.2, 0.25) is 0 Å². The molecule has 1 aliphatic rings. The Kier molecular flexibility index (Phi) is 9.67. The van der Waals surface area contributed by atoms with Crippen LogP contribution < -0.4 is 9.47 Å². The molecule has 1 aliphatic heterocycles. The van der Waals surface area contributed by atoms with Gasteiger partial charge in [0.05, 0.1) is 43.2 Å². The van der Waals surface area contributed by atoms with E-state index in [0.29, 0.717) is 55.5 Å². The number of esters is 2. The number of aromatic nitrogens is 1. The Hall–Kier alpha value is -3.86. The van der Waals surface area contributed by atoms with Gasteiger partial charge in [-0.3, -0.25) is 9.59 Å². The van der Waals surface area contributed by atoms with Gasteiger partial charge in [-0.25, -0.2) is 9.59 Å². The summed E-state index contributed by atoms with van der Waals surface area (Å²) in [6.45, 7) is 8.57. The number of Topliss-reactive ketones (excluding diaryl/α,β-unsaturated/α-hetero) is 1. The van der Waals surface area contributed by atoms with Gasteiger partial charge in [0.1, 0.15) is 0 Å². The summed E-state index contributed by atoms with van der Waals surface area (Å²) >= 11 is 0. The van der Waals surface area contributed by atoms with Crippen molar-refractivity contribution >= 4 is 23.6 Å². The van der Waals surface area contributed by atoms with E-state index < -0.39 is 24.3 Å². The second kappa shape index (κ2) is 12.9. The van der Waals surface area contributed by atoms with Gasteiger partial charge in [-0.15, -0.1) is 0 Å². The molecular weight excluding hydrogens is 484 g/mol. The third-order valence-corrected chi connectivity index (χ3v) is 5.72. The van der Waals surface area contributed by atoms with Crippen LogP contribution in [-0.4, -0.2) is 86.2 Å². The molecule has 3 rings (SSSR count). The summed E-state index contributed by atoms with van der Waals surface area (Å²) in [5.74, 6) is -1.35. The molecule has 200 valence electrons. The standard InChI is InChI=1S/C26H32N2O9/c1-5-34-21-13-18(7-8-20(21)36-15-22(30)28-9-11-33-12-10-28)25(31)37-14-19(29)24-16(3)23(17(4)27-24)26(32)35-6-2/h7-8,13,27H,5-6,9-12,14-15H2,1-4H3. The zero-order valence-electron chi connectivity index (χ0n) is 21.5. The number of ether oxygens (including phenoxy) is 5. The van der Waals surface area contributed by atoms with Crippen molar-refractivity contribution in [1.29, 1.82) is 0 Å². The Labute approximate surface area is 215 Å². The first-order valence-corrected chi connectivity index (χ1v) is 12.1. The number of nitrogens with zero attached hydrogens (tertiary/aromatic N) is 1. The predicted octanol–water partition coefficient (Wildman–Crippen LogP) is 2.48. The average Bonchev–Trinajstić information content (AvgIpc) is 3.20. The highest BCUT2D eigenvalue weighted by Gasteiger charge is 2.24. The number of benzene rings is 1. The largest absolute Gasteiger partial charge is 0.490 e. The molecule has 0 spiro atoms. The zero-order valence-corrected chi connectivity index (χ0v) is 21.5. The van der Waals surface area contributed by atoms with Crippen molar-refractivity contribution < 1.29 is 42.9 Å². The maximum atomic E-state index is 12.7. The molecule has 1 aromatic carbocycles. The number of carbonyl (C=O) groups is 4. The Morgan fingerprint density at radius 1 is 0.919 bits per heavy atom. The highest BCUT2D eigenvalue weighted by atomic mass is 16.5. The van der Waals surface area contributed by atoms with Gasteiger partial charge in [-0.05, 0) is 51.5 Å². The van der Waals surface area contributed by atoms with Gasteiger partial charge >= 0.3 is 11.9 Å². The summed E-state index contributed by atoms with van der Waals surface area (Å²) in [6.07, 6.45) is 0. The van der Waals surface area contributed by atoms with Crippen molar-refractivity contribution in [2.45, 2.75) is 27.7 Å². The maximum Gasteiger partial charge on any atom is 0.340 e. The molecule has 1 aromatic heterocycles. The molecular formula is C26H32N2O9. The Bertz CT molecular complexity index is 1150. The van der Waals surface area contributed by atoms with Gasteiger partial charge in [0.15, 0.2) is 24.7 Å². The molecule has 0 atom stereocenters. The number of amides is 1. The lowest BCUT2D eigenvalue weighted by Gasteiger charge is -2.26. The molecule has 0 saturated carbocycles. The highest BCUT2D eigenvalue weighted by Crippen LogP contribution is 2.29. The van der Waals surface area contributed by atoms with Gasteiger partial charge in [-0.1, -0.05) is 0 Å². The van der Waals surface area contributed by atoms with Crippen molar-refractivity contribution in [2.75, 3.05) is 52.7 Å². The van der Waals surface area contributed by atoms with Crippen LogP contribution in [0.3, 0.4) is 0 Å². The first kappa shape index (κ1) is 27.7. The second-order valence-electron chi connectivity index (χ2n) is 8.22. The molecule has 0 bridgehead atoms. The number of hydrogen-bond acceptors (Lipinski definition) is 9. The first-order chi connectivity index (χ1) is 17.8. The summed E-state index contributed by atoms with van der Waals surface area (Å²) in [5.41, 5.74) is 1.55. The Balaban J connectivity index is 1.63. The van der Waals surface area contributed by atoms with Gasteiger partial charge in [0, 0.05) is 18.8 Å². The Morgan fingerprint density at radius 2 is 1.65 bits per heavy atom. The molecule has 0 unspecified atom stereocenters. The average molecular weight is 517 g/mol. The van der Waals surface area contributed by atoms with E-state index in [9.17, 15) is 19.2 Å². The minimum atomic E-state index is -0.739. The normalized spacial score (nSPS) is 13.1. The number of ketones is 1. The van der Waals surface area contributed by atoms with Gasteiger partial charge in [-0.2, -0.15) is 0 Å². The van der Waals surface area contributed by atoms with Gasteiger partial charge < -0.3 is 33.6 Å².